The van der Waals surface area contributed by atoms with E-state index in [1.165, 1.54) is 6.07 Å². The molecule has 0 spiro atoms. The van der Waals surface area contributed by atoms with Gasteiger partial charge in [-0.05, 0) is 44.1 Å². The second kappa shape index (κ2) is 6.02. The third-order valence-electron chi connectivity index (χ3n) is 3.83. The van der Waals surface area contributed by atoms with Crippen molar-refractivity contribution in [3.05, 3.63) is 33.9 Å². The molecule has 1 aliphatic carbocycles. The SMILES string of the molecule is Cc1ccc([N+](=O)[O-])cc1NCC1CCC(O)CC1. The minimum absolute atomic E-state index is 0.118. The maximum atomic E-state index is 10.8. The van der Waals surface area contributed by atoms with Gasteiger partial charge in [0.2, 0.25) is 0 Å². The Morgan fingerprint density at radius 3 is 2.68 bits per heavy atom. The van der Waals surface area contributed by atoms with Crippen LogP contribution in [0.1, 0.15) is 31.2 Å². The van der Waals surface area contributed by atoms with Crippen LogP contribution in [0, 0.1) is 23.0 Å². The first kappa shape index (κ1) is 13.8. The molecular weight excluding hydrogens is 244 g/mol. The molecule has 1 aromatic carbocycles. The van der Waals surface area contributed by atoms with Gasteiger partial charge in [-0.1, -0.05) is 6.07 Å². The van der Waals surface area contributed by atoms with E-state index >= 15 is 0 Å². The van der Waals surface area contributed by atoms with E-state index in [0.29, 0.717) is 5.92 Å². The zero-order valence-corrected chi connectivity index (χ0v) is 11.1. The Morgan fingerprint density at radius 2 is 2.05 bits per heavy atom. The van der Waals surface area contributed by atoms with Gasteiger partial charge >= 0.3 is 0 Å². The Bertz CT molecular complexity index is 454. The molecule has 5 nitrogen and oxygen atoms in total. The van der Waals surface area contributed by atoms with E-state index in [4.69, 9.17) is 0 Å². The molecule has 5 heteroatoms. The molecule has 0 atom stereocenters. The molecule has 2 N–H and O–H groups in total. The molecule has 1 aliphatic rings. The monoisotopic (exact) mass is 264 g/mol. The predicted molar refractivity (Wildman–Crippen MR) is 74.3 cm³/mol. The Hall–Kier alpha value is -1.62. The largest absolute Gasteiger partial charge is 0.393 e. The van der Waals surface area contributed by atoms with Crippen LogP contribution in [0.15, 0.2) is 18.2 Å². The van der Waals surface area contributed by atoms with Crippen molar-refractivity contribution < 1.29 is 10.0 Å². The second-order valence-corrected chi connectivity index (χ2v) is 5.31. The number of nitrogens with one attached hydrogen (secondary N) is 1. The molecule has 0 bridgehead atoms. The summed E-state index contributed by atoms with van der Waals surface area (Å²) in [4.78, 5) is 10.4. The van der Waals surface area contributed by atoms with Gasteiger partial charge in [-0.15, -0.1) is 0 Å². The summed E-state index contributed by atoms with van der Waals surface area (Å²) in [6.07, 6.45) is 3.61. The minimum Gasteiger partial charge on any atom is -0.393 e. The van der Waals surface area contributed by atoms with Crippen molar-refractivity contribution >= 4 is 11.4 Å². The number of anilines is 1. The van der Waals surface area contributed by atoms with Gasteiger partial charge in [0.05, 0.1) is 11.0 Å². The molecule has 104 valence electrons. The number of rotatable bonds is 4. The van der Waals surface area contributed by atoms with Crippen LogP contribution in [0.5, 0.6) is 0 Å². The number of hydrogen-bond acceptors (Lipinski definition) is 4. The predicted octanol–water partition coefficient (Wildman–Crippen LogP) is 2.87. The van der Waals surface area contributed by atoms with E-state index in [-0.39, 0.29) is 16.7 Å². The molecule has 0 aliphatic heterocycles. The first-order valence-electron chi connectivity index (χ1n) is 6.73. The van der Waals surface area contributed by atoms with Crippen LogP contribution < -0.4 is 5.32 Å². The zero-order valence-electron chi connectivity index (χ0n) is 11.1. The highest BCUT2D eigenvalue weighted by Gasteiger charge is 2.19. The Balaban J connectivity index is 1.95. The third-order valence-corrected chi connectivity index (χ3v) is 3.83. The molecule has 1 saturated carbocycles. The maximum absolute atomic E-state index is 10.8. The number of aliphatic hydroxyl groups is 1. The van der Waals surface area contributed by atoms with Gasteiger partial charge in [0, 0.05) is 24.4 Å². The average molecular weight is 264 g/mol. The second-order valence-electron chi connectivity index (χ2n) is 5.31. The minimum atomic E-state index is -0.373. The van der Waals surface area contributed by atoms with Crippen LogP contribution in [-0.2, 0) is 0 Å². The smallest absolute Gasteiger partial charge is 0.271 e. The Kier molecular flexibility index (Phi) is 4.37. The molecule has 0 aromatic heterocycles. The summed E-state index contributed by atoms with van der Waals surface area (Å²) in [5.74, 6) is 0.544. The van der Waals surface area contributed by atoms with Crippen LogP contribution in [0.3, 0.4) is 0 Å². The number of aliphatic hydroxyl groups excluding tert-OH is 1. The molecule has 1 aromatic rings. The number of nitrogens with zero attached hydrogens (tertiary/aromatic N) is 1. The van der Waals surface area contributed by atoms with Crippen LogP contribution in [0.4, 0.5) is 11.4 Å². The summed E-state index contributed by atoms with van der Waals surface area (Å²) in [5.41, 5.74) is 1.97. The lowest BCUT2D eigenvalue weighted by molar-refractivity contribution is -0.384. The highest BCUT2D eigenvalue weighted by Crippen LogP contribution is 2.26. The Morgan fingerprint density at radius 1 is 1.37 bits per heavy atom. The molecule has 19 heavy (non-hydrogen) atoms. The average Bonchev–Trinajstić information content (AvgIpc) is 2.39. The van der Waals surface area contributed by atoms with Crippen molar-refractivity contribution in [1.82, 2.24) is 0 Å². The number of benzene rings is 1. The summed E-state index contributed by atoms with van der Waals surface area (Å²) in [7, 11) is 0. The summed E-state index contributed by atoms with van der Waals surface area (Å²) in [5, 5.41) is 23.5. The van der Waals surface area contributed by atoms with Gasteiger partial charge in [-0.3, -0.25) is 10.1 Å². The van der Waals surface area contributed by atoms with Crippen LogP contribution in [0.25, 0.3) is 0 Å². The first-order chi connectivity index (χ1) is 9.06. The molecule has 1 fully saturated rings. The molecule has 0 unspecified atom stereocenters. The number of aryl methyl sites for hydroxylation is 1. The number of nitro groups is 1. The van der Waals surface area contributed by atoms with Gasteiger partial charge < -0.3 is 10.4 Å². The van der Waals surface area contributed by atoms with Gasteiger partial charge in [-0.2, -0.15) is 0 Å². The summed E-state index contributed by atoms with van der Waals surface area (Å²) >= 11 is 0. The fraction of sp³-hybridized carbons (Fsp3) is 0.571. The number of hydrogen-bond donors (Lipinski definition) is 2. The fourth-order valence-corrected chi connectivity index (χ4v) is 2.52. The van der Waals surface area contributed by atoms with Crippen molar-refractivity contribution in [3.8, 4) is 0 Å². The zero-order chi connectivity index (χ0) is 13.8. The summed E-state index contributed by atoms with van der Waals surface area (Å²) < 4.78 is 0. The molecule has 0 radical (unpaired) electrons. The summed E-state index contributed by atoms with van der Waals surface area (Å²) in [6, 6.07) is 4.88. The number of non-ortho nitro benzene ring substituents is 1. The molecule has 0 saturated heterocycles. The van der Waals surface area contributed by atoms with E-state index in [2.05, 4.69) is 5.32 Å². The molecule has 0 amide bonds. The molecular formula is C14H20N2O3. The third kappa shape index (κ3) is 3.67. The van der Waals surface area contributed by atoms with Crippen LogP contribution in [0.2, 0.25) is 0 Å². The topological polar surface area (TPSA) is 75.4 Å². The van der Waals surface area contributed by atoms with Gasteiger partial charge in [-0.25, -0.2) is 0 Å². The van der Waals surface area contributed by atoms with Gasteiger partial charge in [0.15, 0.2) is 0 Å². The van der Waals surface area contributed by atoms with Crippen molar-refractivity contribution in [2.45, 2.75) is 38.7 Å². The van der Waals surface area contributed by atoms with Gasteiger partial charge in [0.1, 0.15) is 0 Å². The maximum Gasteiger partial charge on any atom is 0.271 e. The van der Waals surface area contributed by atoms with E-state index < -0.39 is 0 Å². The quantitative estimate of drug-likeness (QED) is 0.647. The lowest BCUT2D eigenvalue weighted by Gasteiger charge is -2.26. The Labute approximate surface area is 112 Å². The van der Waals surface area contributed by atoms with Crippen molar-refractivity contribution in [2.75, 3.05) is 11.9 Å². The van der Waals surface area contributed by atoms with E-state index in [1.54, 1.807) is 12.1 Å². The van der Waals surface area contributed by atoms with Gasteiger partial charge in [0.25, 0.3) is 5.69 Å². The summed E-state index contributed by atoms with van der Waals surface area (Å²) in [6.45, 7) is 2.76. The normalized spacial score (nSPS) is 23.1. The molecule has 2 rings (SSSR count). The van der Waals surface area contributed by atoms with E-state index in [0.717, 1.165) is 43.5 Å². The highest BCUT2D eigenvalue weighted by atomic mass is 16.6. The van der Waals surface area contributed by atoms with Crippen molar-refractivity contribution in [3.63, 3.8) is 0 Å². The van der Waals surface area contributed by atoms with Crippen molar-refractivity contribution in [2.24, 2.45) is 5.92 Å². The highest BCUT2D eigenvalue weighted by molar-refractivity contribution is 5.56. The van der Waals surface area contributed by atoms with Crippen LogP contribution >= 0.6 is 0 Å². The van der Waals surface area contributed by atoms with E-state index in [9.17, 15) is 15.2 Å². The first-order valence-corrected chi connectivity index (χ1v) is 6.73. The fourth-order valence-electron chi connectivity index (χ4n) is 2.52. The van der Waals surface area contributed by atoms with Crippen LogP contribution in [-0.4, -0.2) is 22.7 Å². The lowest BCUT2D eigenvalue weighted by atomic mass is 9.87. The van der Waals surface area contributed by atoms with Crippen molar-refractivity contribution in [1.29, 1.82) is 0 Å². The van der Waals surface area contributed by atoms with E-state index in [1.807, 2.05) is 6.92 Å². The molecule has 0 heterocycles. The standard InChI is InChI=1S/C14H20N2O3/c1-10-2-5-12(16(18)19)8-14(10)15-9-11-3-6-13(17)7-4-11/h2,5,8,11,13,15,17H,3-4,6-7,9H2,1H3. The lowest BCUT2D eigenvalue weighted by Crippen LogP contribution is -2.23. The number of nitro benzene ring substituents is 1.